The van der Waals surface area contributed by atoms with E-state index in [2.05, 4.69) is 15.9 Å². The maximum atomic E-state index is 11.5. The van der Waals surface area contributed by atoms with Crippen LogP contribution in [0.25, 0.3) is 0 Å². The third-order valence-electron chi connectivity index (χ3n) is 1.67. The third kappa shape index (κ3) is 2.92. The van der Waals surface area contributed by atoms with Gasteiger partial charge < -0.3 is 4.74 Å². The van der Waals surface area contributed by atoms with Crippen LogP contribution < -0.4 is 0 Å². The van der Waals surface area contributed by atoms with Crippen LogP contribution in [0.5, 0.6) is 0 Å². The Morgan fingerprint density at radius 3 is 2.87 bits per heavy atom. The fourth-order valence-electron chi connectivity index (χ4n) is 1.000. The lowest BCUT2D eigenvalue weighted by Gasteiger charge is -2.05. The number of hydrogen-bond donors (Lipinski definition) is 0. The second-order valence-electron chi connectivity index (χ2n) is 2.64. The quantitative estimate of drug-likeness (QED) is 0.586. The largest absolute Gasteiger partial charge is 0.462 e. The smallest absolute Gasteiger partial charge is 0.339 e. The number of benzene rings is 1. The van der Waals surface area contributed by atoms with Crippen molar-refractivity contribution in [1.29, 1.82) is 5.26 Å². The lowest BCUT2D eigenvalue weighted by molar-refractivity contribution is 0.0525. The maximum Gasteiger partial charge on any atom is 0.339 e. The zero-order valence-electron chi connectivity index (χ0n) is 7.88. The third-order valence-corrected chi connectivity index (χ3v) is 3.22. The van der Waals surface area contributed by atoms with E-state index in [1.807, 2.05) is 28.7 Å². The normalized spacial score (nSPS) is 9.47. The summed E-state index contributed by atoms with van der Waals surface area (Å²) < 4.78 is 6.31. The molecule has 0 saturated heterocycles. The van der Waals surface area contributed by atoms with Gasteiger partial charge in [0.15, 0.2) is 0 Å². The number of hydrogen-bond acceptors (Lipinski definition) is 3. The molecule has 0 saturated carbocycles. The molecule has 0 bridgehead atoms. The Labute approximate surface area is 110 Å². The van der Waals surface area contributed by atoms with E-state index in [0.29, 0.717) is 22.2 Å². The van der Waals surface area contributed by atoms with Gasteiger partial charge in [0.2, 0.25) is 0 Å². The summed E-state index contributed by atoms with van der Waals surface area (Å²) in [5, 5.41) is 8.82. The van der Waals surface area contributed by atoms with Crippen LogP contribution in [0.1, 0.15) is 22.8 Å². The summed E-state index contributed by atoms with van der Waals surface area (Å²) in [6.45, 7) is 2.06. The van der Waals surface area contributed by atoms with Gasteiger partial charge in [0.25, 0.3) is 0 Å². The van der Waals surface area contributed by atoms with E-state index in [-0.39, 0.29) is 0 Å². The van der Waals surface area contributed by atoms with E-state index in [4.69, 9.17) is 10.00 Å². The molecule has 0 N–H and O–H groups in total. The van der Waals surface area contributed by atoms with Crippen molar-refractivity contribution >= 4 is 44.5 Å². The monoisotopic (exact) mass is 379 g/mol. The summed E-state index contributed by atoms with van der Waals surface area (Å²) in [4.78, 5) is 11.5. The first-order valence-electron chi connectivity index (χ1n) is 4.16. The van der Waals surface area contributed by atoms with E-state index in [0.717, 1.165) is 3.57 Å². The number of rotatable bonds is 2. The van der Waals surface area contributed by atoms with Gasteiger partial charge in [-0.2, -0.15) is 5.26 Å². The van der Waals surface area contributed by atoms with Crippen LogP contribution in [0, 0.1) is 14.9 Å². The first-order chi connectivity index (χ1) is 7.10. The Hall–Kier alpha value is -0.610. The summed E-state index contributed by atoms with van der Waals surface area (Å²) in [5.41, 5.74) is 0.857. The van der Waals surface area contributed by atoms with Gasteiger partial charge in [-0.15, -0.1) is 0 Å². The minimum atomic E-state index is -0.419. The highest BCUT2D eigenvalue weighted by Gasteiger charge is 2.14. The number of nitriles is 1. The topological polar surface area (TPSA) is 50.1 Å². The van der Waals surface area contributed by atoms with Gasteiger partial charge in [-0.05, 0) is 57.6 Å². The average molecular weight is 380 g/mol. The highest BCUT2D eigenvalue weighted by molar-refractivity contribution is 14.1. The molecule has 3 nitrogen and oxygen atoms in total. The predicted molar refractivity (Wildman–Crippen MR) is 67.5 cm³/mol. The van der Waals surface area contributed by atoms with Crippen molar-refractivity contribution in [1.82, 2.24) is 0 Å². The standard InChI is InChI=1S/C10H7BrINO2/c1-2-15-10(14)7-3-6(5-13)9(12)4-8(7)11/h3-4H,2H2,1H3. The van der Waals surface area contributed by atoms with Gasteiger partial charge in [0, 0.05) is 8.04 Å². The molecule has 0 heterocycles. The Bertz CT molecular complexity index is 440. The zero-order chi connectivity index (χ0) is 11.4. The van der Waals surface area contributed by atoms with Crippen molar-refractivity contribution in [2.45, 2.75) is 6.92 Å². The number of ether oxygens (including phenoxy) is 1. The molecule has 0 aliphatic rings. The molecule has 0 aliphatic carbocycles. The van der Waals surface area contributed by atoms with Gasteiger partial charge in [-0.3, -0.25) is 0 Å². The average Bonchev–Trinajstić information content (AvgIpc) is 2.18. The molecule has 0 aromatic heterocycles. The lowest BCUT2D eigenvalue weighted by atomic mass is 10.1. The Kier molecular flexibility index (Phi) is 4.54. The van der Waals surface area contributed by atoms with Gasteiger partial charge >= 0.3 is 5.97 Å². The molecule has 5 heteroatoms. The first-order valence-corrected chi connectivity index (χ1v) is 6.03. The molecule has 1 aromatic rings. The van der Waals surface area contributed by atoms with E-state index in [1.165, 1.54) is 6.07 Å². The molecule has 0 radical (unpaired) electrons. The molecule has 15 heavy (non-hydrogen) atoms. The molecular formula is C10H7BrINO2. The van der Waals surface area contributed by atoms with E-state index < -0.39 is 5.97 Å². The molecule has 0 atom stereocenters. The van der Waals surface area contributed by atoms with Gasteiger partial charge in [-0.25, -0.2) is 4.79 Å². The van der Waals surface area contributed by atoms with Crippen LogP contribution >= 0.6 is 38.5 Å². The second kappa shape index (κ2) is 5.47. The van der Waals surface area contributed by atoms with Crippen LogP contribution in [0.15, 0.2) is 16.6 Å². The highest BCUT2D eigenvalue weighted by Crippen LogP contribution is 2.23. The number of esters is 1. The Balaban J connectivity index is 3.20. The predicted octanol–water partition coefficient (Wildman–Crippen LogP) is 3.10. The Morgan fingerprint density at radius 1 is 1.67 bits per heavy atom. The molecule has 0 fully saturated rings. The summed E-state index contributed by atoms with van der Waals surface area (Å²) in [7, 11) is 0. The van der Waals surface area contributed by atoms with Crippen molar-refractivity contribution in [2.24, 2.45) is 0 Å². The van der Waals surface area contributed by atoms with Gasteiger partial charge in [-0.1, -0.05) is 0 Å². The number of carbonyl (C=O) groups excluding carboxylic acids is 1. The Morgan fingerprint density at radius 2 is 2.33 bits per heavy atom. The summed E-state index contributed by atoms with van der Waals surface area (Å²) in [5.74, 6) is -0.419. The lowest BCUT2D eigenvalue weighted by Crippen LogP contribution is -2.06. The molecule has 0 unspecified atom stereocenters. The van der Waals surface area contributed by atoms with Crippen molar-refractivity contribution < 1.29 is 9.53 Å². The maximum absolute atomic E-state index is 11.5. The SMILES string of the molecule is CCOC(=O)c1cc(C#N)c(I)cc1Br. The number of halogens is 2. The fourth-order valence-corrected chi connectivity index (χ4v) is 2.52. The van der Waals surface area contributed by atoms with Crippen LogP contribution in [0.4, 0.5) is 0 Å². The molecule has 0 aliphatic heterocycles. The van der Waals surface area contributed by atoms with E-state index in [9.17, 15) is 4.79 Å². The van der Waals surface area contributed by atoms with Crippen LogP contribution in [-0.4, -0.2) is 12.6 Å². The van der Waals surface area contributed by atoms with Crippen molar-refractivity contribution in [3.63, 3.8) is 0 Å². The summed E-state index contributed by atoms with van der Waals surface area (Å²) >= 11 is 5.31. The summed E-state index contributed by atoms with van der Waals surface area (Å²) in [6.07, 6.45) is 0. The molecular weight excluding hydrogens is 373 g/mol. The first kappa shape index (κ1) is 12.5. The molecule has 1 rings (SSSR count). The fraction of sp³-hybridized carbons (Fsp3) is 0.200. The molecule has 78 valence electrons. The molecule has 0 spiro atoms. The van der Waals surface area contributed by atoms with E-state index in [1.54, 1.807) is 13.0 Å². The van der Waals surface area contributed by atoms with E-state index >= 15 is 0 Å². The van der Waals surface area contributed by atoms with Gasteiger partial charge in [0.1, 0.15) is 6.07 Å². The van der Waals surface area contributed by atoms with Crippen LogP contribution in [0.3, 0.4) is 0 Å². The minimum absolute atomic E-state index is 0.319. The molecule has 1 aromatic carbocycles. The highest BCUT2D eigenvalue weighted by atomic mass is 127. The molecule has 0 amide bonds. The summed E-state index contributed by atoms with van der Waals surface area (Å²) in [6, 6.07) is 5.28. The zero-order valence-corrected chi connectivity index (χ0v) is 11.6. The minimum Gasteiger partial charge on any atom is -0.462 e. The van der Waals surface area contributed by atoms with Crippen molar-refractivity contribution in [3.8, 4) is 6.07 Å². The van der Waals surface area contributed by atoms with Crippen LogP contribution in [-0.2, 0) is 4.74 Å². The van der Waals surface area contributed by atoms with Gasteiger partial charge in [0.05, 0.1) is 17.7 Å². The number of nitrogens with zero attached hydrogens (tertiary/aromatic N) is 1. The second-order valence-corrected chi connectivity index (χ2v) is 4.66. The van der Waals surface area contributed by atoms with Crippen molar-refractivity contribution in [2.75, 3.05) is 6.61 Å². The van der Waals surface area contributed by atoms with Crippen LogP contribution in [0.2, 0.25) is 0 Å². The van der Waals surface area contributed by atoms with Crippen molar-refractivity contribution in [3.05, 3.63) is 31.3 Å². The number of carbonyl (C=O) groups is 1.